The van der Waals surface area contributed by atoms with E-state index in [0.29, 0.717) is 32.0 Å². The highest BCUT2D eigenvalue weighted by atomic mass is 16.5. The molecule has 2 saturated heterocycles. The van der Waals surface area contributed by atoms with Gasteiger partial charge in [-0.2, -0.15) is 0 Å². The van der Waals surface area contributed by atoms with E-state index in [1.165, 1.54) is 0 Å². The molecule has 0 aliphatic carbocycles. The van der Waals surface area contributed by atoms with Gasteiger partial charge in [-0.15, -0.1) is 0 Å². The van der Waals surface area contributed by atoms with E-state index in [-0.39, 0.29) is 17.6 Å². The van der Waals surface area contributed by atoms with Crippen LogP contribution in [0, 0.1) is 6.92 Å². The van der Waals surface area contributed by atoms with Gasteiger partial charge in [0.05, 0.1) is 31.6 Å². The summed E-state index contributed by atoms with van der Waals surface area (Å²) in [5.74, 6) is 0.765. The van der Waals surface area contributed by atoms with Gasteiger partial charge in [0.2, 0.25) is 11.8 Å². The highest BCUT2D eigenvalue weighted by molar-refractivity contribution is 5.77. The molecule has 1 amide bonds. The lowest BCUT2D eigenvalue weighted by Gasteiger charge is -2.52. The maximum atomic E-state index is 12.2. The second-order valence-electron chi connectivity index (χ2n) is 7.07. The van der Waals surface area contributed by atoms with E-state index in [1.54, 1.807) is 12.4 Å². The molecule has 1 atom stereocenters. The molecule has 0 aromatic carbocycles. The number of hydrogen-bond acceptors (Lipinski definition) is 6. The fraction of sp³-hybridized carbons (Fsp3) is 0.706. The Hall–Kier alpha value is -1.73. The predicted octanol–water partition coefficient (Wildman–Crippen LogP) is 0.876. The van der Waals surface area contributed by atoms with Crippen molar-refractivity contribution in [2.75, 3.05) is 40.3 Å². The van der Waals surface area contributed by atoms with Gasteiger partial charge in [-0.25, -0.2) is 4.98 Å². The summed E-state index contributed by atoms with van der Waals surface area (Å²) in [4.78, 5) is 24.5. The lowest BCUT2D eigenvalue weighted by Crippen LogP contribution is -2.67. The Labute approximate surface area is 143 Å². The number of aryl methyl sites for hydroxylation is 1. The lowest BCUT2D eigenvalue weighted by molar-refractivity contribution is -0.193. The van der Waals surface area contributed by atoms with Gasteiger partial charge in [-0.1, -0.05) is 0 Å². The number of carbonyl (C=O) groups excluding carboxylic acids is 1. The van der Waals surface area contributed by atoms with Crippen molar-refractivity contribution in [3.05, 3.63) is 18.1 Å². The molecular formula is C17H26N4O3. The van der Waals surface area contributed by atoms with Crippen LogP contribution in [-0.2, 0) is 9.53 Å². The second-order valence-corrected chi connectivity index (χ2v) is 7.07. The van der Waals surface area contributed by atoms with Crippen molar-refractivity contribution in [3.8, 4) is 5.88 Å². The summed E-state index contributed by atoms with van der Waals surface area (Å²) >= 11 is 0. The number of rotatable bonds is 5. The molecule has 0 radical (unpaired) electrons. The van der Waals surface area contributed by atoms with Crippen LogP contribution in [0.4, 0.5) is 0 Å². The summed E-state index contributed by atoms with van der Waals surface area (Å²) in [5, 5.41) is 0. The zero-order valence-corrected chi connectivity index (χ0v) is 14.7. The van der Waals surface area contributed by atoms with Crippen LogP contribution in [0.1, 0.15) is 25.0 Å². The Balaban J connectivity index is 1.51. The second kappa shape index (κ2) is 7.03. The summed E-state index contributed by atoms with van der Waals surface area (Å²) < 4.78 is 12.0. The summed E-state index contributed by atoms with van der Waals surface area (Å²) in [6.07, 6.45) is 5.61. The van der Waals surface area contributed by atoms with Crippen molar-refractivity contribution in [3.63, 3.8) is 0 Å². The highest BCUT2D eigenvalue weighted by Gasteiger charge is 2.49. The smallest absolute Gasteiger partial charge is 0.232 e. The predicted molar refractivity (Wildman–Crippen MR) is 88.9 cm³/mol. The highest BCUT2D eigenvalue weighted by Crippen LogP contribution is 2.35. The number of amides is 1. The first-order chi connectivity index (χ1) is 11.5. The maximum Gasteiger partial charge on any atom is 0.232 e. The molecule has 0 unspecified atom stereocenters. The normalized spacial score (nSPS) is 22.5. The number of likely N-dealkylation sites (tertiary alicyclic amines) is 1. The SMILES string of the molecule is Cc1cncc(O[C@@H]2CCOC3(C2)CN(C(=O)CCN(C)C)C3)n1. The Kier molecular flexibility index (Phi) is 5.01. The van der Waals surface area contributed by atoms with Gasteiger partial charge in [0, 0.05) is 32.0 Å². The molecular weight excluding hydrogens is 308 g/mol. The van der Waals surface area contributed by atoms with Gasteiger partial charge < -0.3 is 19.3 Å². The largest absolute Gasteiger partial charge is 0.473 e. The minimum Gasteiger partial charge on any atom is -0.473 e. The van der Waals surface area contributed by atoms with Crippen molar-refractivity contribution in [2.45, 2.75) is 37.9 Å². The first-order valence-corrected chi connectivity index (χ1v) is 8.48. The molecule has 2 aliphatic heterocycles. The minimum absolute atomic E-state index is 0.0638. The van der Waals surface area contributed by atoms with Crippen molar-refractivity contribution >= 4 is 5.91 Å². The molecule has 1 aromatic rings. The van der Waals surface area contributed by atoms with Crippen molar-refractivity contribution in [1.82, 2.24) is 19.8 Å². The zero-order chi connectivity index (χ0) is 17.2. The van der Waals surface area contributed by atoms with Crippen molar-refractivity contribution in [2.24, 2.45) is 0 Å². The fourth-order valence-corrected chi connectivity index (χ4v) is 3.27. The van der Waals surface area contributed by atoms with E-state index >= 15 is 0 Å². The monoisotopic (exact) mass is 334 g/mol. The third-order valence-electron chi connectivity index (χ3n) is 4.55. The Bertz CT molecular complexity index is 587. The maximum absolute atomic E-state index is 12.2. The Morgan fingerprint density at radius 3 is 2.96 bits per heavy atom. The van der Waals surface area contributed by atoms with E-state index in [4.69, 9.17) is 9.47 Å². The molecule has 1 aromatic heterocycles. The molecule has 1 spiro atoms. The van der Waals surface area contributed by atoms with Gasteiger partial charge in [0.1, 0.15) is 11.7 Å². The van der Waals surface area contributed by atoms with Gasteiger partial charge in [0.15, 0.2) is 0 Å². The molecule has 0 saturated carbocycles. The number of hydrogen-bond donors (Lipinski definition) is 0. The number of aromatic nitrogens is 2. The van der Waals surface area contributed by atoms with Gasteiger partial charge >= 0.3 is 0 Å². The summed E-state index contributed by atoms with van der Waals surface area (Å²) in [6.45, 7) is 4.66. The van der Waals surface area contributed by atoms with Gasteiger partial charge in [-0.05, 0) is 21.0 Å². The van der Waals surface area contributed by atoms with E-state index in [0.717, 1.165) is 25.1 Å². The molecule has 3 rings (SSSR count). The van der Waals surface area contributed by atoms with Crippen LogP contribution < -0.4 is 4.74 Å². The average Bonchev–Trinajstić information content (AvgIpc) is 2.50. The molecule has 24 heavy (non-hydrogen) atoms. The van der Waals surface area contributed by atoms with Crippen LogP contribution in [0.15, 0.2) is 12.4 Å². The Morgan fingerprint density at radius 1 is 1.46 bits per heavy atom. The Morgan fingerprint density at radius 2 is 2.25 bits per heavy atom. The summed E-state index contributed by atoms with van der Waals surface area (Å²) in [6, 6.07) is 0. The zero-order valence-electron chi connectivity index (χ0n) is 14.7. The number of nitrogens with zero attached hydrogens (tertiary/aromatic N) is 4. The number of carbonyl (C=O) groups is 1. The molecule has 7 nitrogen and oxygen atoms in total. The van der Waals surface area contributed by atoms with Crippen LogP contribution in [0.5, 0.6) is 5.88 Å². The number of ether oxygens (including phenoxy) is 2. The molecule has 0 N–H and O–H groups in total. The molecule has 132 valence electrons. The standard InChI is InChI=1S/C17H26N4O3/c1-13-9-18-10-15(19-13)24-14-5-7-23-17(8-14)11-21(12-17)16(22)4-6-20(2)3/h9-10,14H,4-8,11-12H2,1-3H3/t14-/m1/s1. The third-order valence-corrected chi connectivity index (χ3v) is 4.55. The summed E-state index contributed by atoms with van der Waals surface area (Å²) in [7, 11) is 3.95. The third kappa shape index (κ3) is 4.02. The van der Waals surface area contributed by atoms with Crippen molar-refractivity contribution < 1.29 is 14.3 Å². The summed E-state index contributed by atoms with van der Waals surface area (Å²) in [5.41, 5.74) is 0.601. The quantitative estimate of drug-likeness (QED) is 0.796. The molecule has 2 aliphatic rings. The fourth-order valence-electron chi connectivity index (χ4n) is 3.27. The van der Waals surface area contributed by atoms with E-state index < -0.39 is 0 Å². The molecule has 2 fully saturated rings. The van der Waals surface area contributed by atoms with Crippen LogP contribution in [0.2, 0.25) is 0 Å². The minimum atomic E-state index is -0.242. The van der Waals surface area contributed by atoms with E-state index in [1.807, 2.05) is 30.8 Å². The molecule has 7 heteroatoms. The molecule has 3 heterocycles. The first kappa shape index (κ1) is 17.1. The van der Waals surface area contributed by atoms with Crippen LogP contribution in [0.3, 0.4) is 0 Å². The van der Waals surface area contributed by atoms with Crippen LogP contribution >= 0.6 is 0 Å². The van der Waals surface area contributed by atoms with E-state index in [9.17, 15) is 4.79 Å². The first-order valence-electron chi connectivity index (χ1n) is 8.48. The van der Waals surface area contributed by atoms with Crippen LogP contribution in [0.25, 0.3) is 0 Å². The van der Waals surface area contributed by atoms with E-state index in [2.05, 4.69) is 9.97 Å². The van der Waals surface area contributed by atoms with Crippen molar-refractivity contribution in [1.29, 1.82) is 0 Å². The van der Waals surface area contributed by atoms with Gasteiger partial charge in [-0.3, -0.25) is 9.78 Å². The average molecular weight is 334 g/mol. The van der Waals surface area contributed by atoms with Crippen LogP contribution in [-0.4, -0.2) is 77.7 Å². The molecule has 0 bridgehead atoms. The van der Waals surface area contributed by atoms with Gasteiger partial charge in [0.25, 0.3) is 0 Å². The lowest BCUT2D eigenvalue weighted by atomic mass is 9.84. The topological polar surface area (TPSA) is 67.8 Å².